The Morgan fingerprint density at radius 3 is 2.60 bits per heavy atom. The highest BCUT2D eigenvalue weighted by atomic mass is 32.1. The van der Waals surface area contributed by atoms with Crippen molar-refractivity contribution in [3.63, 3.8) is 0 Å². The van der Waals surface area contributed by atoms with Gasteiger partial charge in [-0.3, -0.25) is 10.1 Å². The standard InChI is InChI=1S/C18H16N2O4S/c1-11-3-6-13(7-4-11)14-9-17(24-20-14)19-16(21)10-23-18(22)15-8-5-12(2)25-15/h3-9H,10H2,1-2H3,(H,19,21). The van der Waals surface area contributed by atoms with Crippen molar-refractivity contribution in [2.45, 2.75) is 13.8 Å². The molecule has 0 bridgehead atoms. The summed E-state index contributed by atoms with van der Waals surface area (Å²) in [6, 6.07) is 12.9. The maximum absolute atomic E-state index is 11.9. The molecule has 0 saturated heterocycles. The van der Waals surface area contributed by atoms with Gasteiger partial charge in [-0.05, 0) is 26.0 Å². The third-order valence-electron chi connectivity index (χ3n) is 3.40. The van der Waals surface area contributed by atoms with E-state index in [9.17, 15) is 9.59 Å². The fourth-order valence-corrected chi connectivity index (χ4v) is 2.88. The number of nitrogens with one attached hydrogen (secondary N) is 1. The van der Waals surface area contributed by atoms with E-state index in [1.807, 2.05) is 44.2 Å². The molecule has 0 saturated carbocycles. The Labute approximate surface area is 148 Å². The Morgan fingerprint density at radius 1 is 1.16 bits per heavy atom. The van der Waals surface area contributed by atoms with Crippen molar-refractivity contribution < 1.29 is 18.8 Å². The molecule has 128 valence electrons. The van der Waals surface area contributed by atoms with Gasteiger partial charge in [-0.2, -0.15) is 0 Å². The summed E-state index contributed by atoms with van der Waals surface area (Å²) in [4.78, 5) is 25.1. The van der Waals surface area contributed by atoms with Gasteiger partial charge in [0.1, 0.15) is 10.6 Å². The van der Waals surface area contributed by atoms with Crippen molar-refractivity contribution in [2.24, 2.45) is 0 Å². The predicted octanol–water partition coefficient (Wildman–Crippen LogP) is 3.82. The lowest BCUT2D eigenvalue weighted by Crippen LogP contribution is -2.20. The summed E-state index contributed by atoms with van der Waals surface area (Å²) in [6.07, 6.45) is 0. The van der Waals surface area contributed by atoms with Gasteiger partial charge in [-0.15, -0.1) is 11.3 Å². The first-order chi connectivity index (χ1) is 12.0. The van der Waals surface area contributed by atoms with Crippen LogP contribution in [0, 0.1) is 13.8 Å². The summed E-state index contributed by atoms with van der Waals surface area (Å²) < 4.78 is 10.1. The number of carbonyl (C=O) groups excluding carboxylic acids is 2. The predicted molar refractivity (Wildman–Crippen MR) is 94.6 cm³/mol. The van der Waals surface area contributed by atoms with E-state index in [0.717, 1.165) is 16.0 Å². The number of anilines is 1. The lowest BCUT2D eigenvalue weighted by Gasteiger charge is -2.02. The summed E-state index contributed by atoms with van der Waals surface area (Å²) in [5.74, 6) is -0.817. The molecule has 2 heterocycles. The highest BCUT2D eigenvalue weighted by Crippen LogP contribution is 2.22. The van der Waals surface area contributed by atoms with E-state index in [1.165, 1.54) is 11.3 Å². The first kappa shape index (κ1) is 16.9. The first-order valence-corrected chi connectivity index (χ1v) is 8.40. The number of aryl methyl sites for hydroxylation is 2. The monoisotopic (exact) mass is 356 g/mol. The molecule has 0 aliphatic carbocycles. The van der Waals surface area contributed by atoms with Gasteiger partial charge < -0.3 is 9.26 Å². The van der Waals surface area contributed by atoms with Crippen LogP contribution in [-0.4, -0.2) is 23.6 Å². The molecular formula is C18H16N2O4S. The number of ether oxygens (including phenoxy) is 1. The van der Waals surface area contributed by atoms with Crippen molar-refractivity contribution in [1.29, 1.82) is 0 Å². The zero-order valence-corrected chi connectivity index (χ0v) is 14.6. The molecule has 1 N–H and O–H groups in total. The van der Waals surface area contributed by atoms with Crippen molar-refractivity contribution in [1.82, 2.24) is 5.16 Å². The molecule has 0 radical (unpaired) electrons. The van der Waals surface area contributed by atoms with Crippen LogP contribution in [0.5, 0.6) is 0 Å². The number of benzene rings is 1. The summed E-state index contributed by atoms with van der Waals surface area (Å²) in [5, 5.41) is 6.43. The van der Waals surface area contributed by atoms with Crippen LogP contribution < -0.4 is 5.32 Å². The molecule has 7 heteroatoms. The maximum atomic E-state index is 11.9. The highest BCUT2D eigenvalue weighted by molar-refractivity contribution is 7.13. The minimum Gasteiger partial charge on any atom is -0.451 e. The second-order valence-corrected chi connectivity index (χ2v) is 6.76. The van der Waals surface area contributed by atoms with E-state index < -0.39 is 18.5 Å². The van der Waals surface area contributed by atoms with E-state index in [4.69, 9.17) is 9.26 Å². The molecule has 3 aromatic rings. The minimum atomic E-state index is -0.522. The van der Waals surface area contributed by atoms with E-state index in [2.05, 4.69) is 10.5 Å². The van der Waals surface area contributed by atoms with Gasteiger partial charge in [0, 0.05) is 16.5 Å². The van der Waals surface area contributed by atoms with Crippen LogP contribution in [0.4, 0.5) is 5.88 Å². The van der Waals surface area contributed by atoms with E-state index in [1.54, 1.807) is 12.1 Å². The average molecular weight is 356 g/mol. The lowest BCUT2D eigenvalue weighted by atomic mass is 10.1. The second kappa shape index (κ2) is 7.31. The molecule has 0 unspecified atom stereocenters. The van der Waals surface area contributed by atoms with Gasteiger partial charge in [0.25, 0.3) is 5.91 Å². The lowest BCUT2D eigenvalue weighted by molar-refractivity contribution is -0.119. The molecule has 1 amide bonds. The molecule has 3 rings (SSSR count). The Kier molecular flexibility index (Phi) is 4.95. The number of amides is 1. The van der Waals surface area contributed by atoms with Crippen LogP contribution >= 0.6 is 11.3 Å². The third kappa shape index (κ3) is 4.33. The Balaban J connectivity index is 1.55. The molecule has 0 fully saturated rings. The van der Waals surface area contributed by atoms with Crippen LogP contribution in [0.2, 0.25) is 0 Å². The molecule has 25 heavy (non-hydrogen) atoms. The zero-order chi connectivity index (χ0) is 17.8. The van der Waals surface area contributed by atoms with E-state index in [0.29, 0.717) is 10.6 Å². The van der Waals surface area contributed by atoms with Crippen LogP contribution in [0.3, 0.4) is 0 Å². The Hall–Kier alpha value is -2.93. The van der Waals surface area contributed by atoms with Crippen LogP contribution in [-0.2, 0) is 9.53 Å². The molecular weight excluding hydrogens is 340 g/mol. The summed E-state index contributed by atoms with van der Waals surface area (Å²) in [6.45, 7) is 3.50. The van der Waals surface area contributed by atoms with Gasteiger partial charge in [-0.25, -0.2) is 4.79 Å². The number of esters is 1. The molecule has 6 nitrogen and oxygen atoms in total. The van der Waals surface area contributed by atoms with Gasteiger partial charge in [0.15, 0.2) is 6.61 Å². The van der Waals surface area contributed by atoms with Crippen LogP contribution in [0.25, 0.3) is 11.3 Å². The van der Waals surface area contributed by atoms with Crippen molar-refractivity contribution >= 4 is 29.1 Å². The topological polar surface area (TPSA) is 81.4 Å². The van der Waals surface area contributed by atoms with E-state index in [-0.39, 0.29) is 5.88 Å². The summed E-state index contributed by atoms with van der Waals surface area (Å²) in [5.41, 5.74) is 2.64. The molecule has 2 aromatic heterocycles. The van der Waals surface area contributed by atoms with Gasteiger partial charge in [0.05, 0.1) is 0 Å². The van der Waals surface area contributed by atoms with Crippen molar-refractivity contribution in [3.05, 3.63) is 57.8 Å². The number of hydrogen-bond acceptors (Lipinski definition) is 6. The number of thiophene rings is 1. The third-order valence-corrected chi connectivity index (χ3v) is 4.38. The highest BCUT2D eigenvalue weighted by Gasteiger charge is 2.14. The minimum absolute atomic E-state index is 0.198. The molecule has 0 aliphatic heterocycles. The van der Waals surface area contributed by atoms with Gasteiger partial charge in [-0.1, -0.05) is 35.0 Å². The number of aromatic nitrogens is 1. The fourth-order valence-electron chi connectivity index (χ4n) is 2.11. The number of hydrogen-bond donors (Lipinski definition) is 1. The average Bonchev–Trinajstić information content (AvgIpc) is 3.22. The molecule has 0 atom stereocenters. The second-order valence-electron chi connectivity index (χ2n) is 5.48. The Bertz CT molecular complexity index is 896. The number of carbonyl (C=O) groups is 2. The SMILES string of the molecule is Cc1ccc(-c2cc(NC(=O)COC(=O)c3ccc(C)s3)on2)cc1. The summed E-state index contributed by atoms with van der Waals surface area (Å²) in [7, 11) is 0. The molecule has 0 aliphatic rings. The molecule has 1 aromatic carbocycles. The van der Waals surface area contributed by atoms with Gasteiger partial charge >= 0.3 is 5.97 Å². The van der Waals surface area contributed by atoms with E-state index >= 15 is 0 Å². The smallest absolute Gasteiger partial charge is 0.348 e. The Morgan fingerprint density at radius 2 is 1.92 bits per heavy atom. The first-order valence-electron chi connectivity index (χ1n) is 7.58. The molecule has 0 spiro atoms. The normalized spacial score (nSPS) is 10.5. The van der Waals surface area contributed by atoms with Gasteiger partial charge in [0.2, 0.25) is 5.88 Å². The van der Waals surface area contributed by atoms with Crippen molar-refractivity contribution in [3.8, 4) is 11.3 Å². The van der Waals surface area contributed by atoms with Crippen LogP contribution in [0.15, 0.2) is 47.0 Å². The zero-order valence-electron chi connectivity index (χ0n) is 13.7. The summed E-state index contributed by atoms with van der Waals surface area (Å²) >= 11 is 1.32. The largest absolute Gasteiger partial charge is 0.451 e. The maximum Gasteiger partial charge on any atom is 0.348 e. The number of rotatable bonds is 5. The fraction of sp³-hybridized carbons (Fsp3) is 0.167. The quantitative estimate of drug-likeness (QED) is 0.703. The number of nitrogens with zero attached hydrogens (tertiary/aromatic N) is 1. The van der Waals surface area contributed by atoms with Crippen molar-refractivity contribution in [2.75, 3.05) is 11.9 Å². The van der Waals surface area contributed by atoms with Crippen LogP contribution in [0.1, 0.15) is 20.1 Å².